The van der Waals surface area contributed by atoms with Crippen molar-refractivity contribution in [1.29, 1.82) is 5.26 Å². The van der Waals surface area contributed by atoms with E-state index >= 15 is 0 Å². The molecule has 0 bridgehead atoms. The number of rotatable bonds is 10. The van der Waals surface area contributed by atoms with Crippen LogP contribution in [0.25, 0.3) is 11.3 Å². The standard InChI is InChI=1S/C24H23N5O5/c1-3-33-21(30)11-12-34-20-13-16(9-10-19(20)32-2)15-26-29-24-27-22(17-7-5-4-6-8-17)18(14-25)23(31)28-24/h4-10,13,15H,3,11-12H2,1-2H3,(H2,27,28,29,31). The number of nitriles is 1. The highest BCUT2D eigenvalue weighted by Gasteiger charge is 2.13. The van der Waals surface area contributed by atoms with Crippen LogP contribution in [0, 0.1) is 11.3 Å². The van der Waals surface area contributed by atoms with E-state index in [9.17, 15) is 14.9 Å². The summed E-state index contributed by atoms with van der Waals surface area (Å²) in [6, 6.07) is 16.0. The van der Waals surface area contributed by atoms with E-state index in [0.717, 1.165) is 0 Å². The maximum absolute atomic E-state index is 12.3. The third-order valence-corrected chi connectivity index (χ3v) is 4.52. The van der Waals surface area contributed by atoms with Crippen molar-refractivity contribution in [3.8, 4) is 28.8 Å². The number of nitrogens with zero attached hydrogens (tertiary/aromatic N) is 3. The van der Waals surface area contributed by atoms with Crippen LogP contribution < -0.4 is 20.5 Å². The van der Waals surface area contributed by atoms with E-state index in [1.807, 2.05) is 12.1 Å². The van der Waals surface area contributed by atoms with Crippen LogP contribution in [0.1, 0.15) is 24.5 Å². The summed E-state index contributed by atoms with van der Waals surface area (Å²) in [6.45, 7) is 2.18. The minimum atomic E-state index is -0.573. The molecule has 2 N–H and O–H groups in total. The molecule has 174 valence electrons. The molecule has 0 fully saturated rings. The van der Waals surface area contributed by atoms with Crippen molar-refractivity contribution in [3.63, 3.8) is 0 Å². The van der Waals surface area contributed by atoms with Crippen molar-refractivity contribution in [2.75, 3.05) is 25.7 Å². The van der Waals surface area contributed by atoms with Crippen molar-refractivity contribution in [3.05, 3.63) is 70.0 Å². The number of H-pyrrole nitrogens is 1. The minimum Gasteiger partial charge on any atom is -0.493 e. The van der Waals surface area contributed by atoms with Gasteiger partial charge in [0.1, 0.15) is 11.6 Å². The highest BCUT2D eigenvalue weighted by Crippen LogP contribution is 2.27. The first kappa shape index (κ1) is 24.0. The van der Waals surface area contributed by atoms with Gasteiger partial charge in [0, 0.05) is 5.56 Å². The molecule has 0 saturated carbocycles. The Balaban J connectivity index is 1.75. The predicted octanol–water partition coefficient (Wildman–Crippen LogP) is 3.10. The van der Waals surface area contributed by atoms with Crippen molar-refractivity contribution in [2.24, 2.45) is 5.10 Å². The zero-order valence-corrected chi connectivity index (χ0v) is 18.7. The van der Waals surface area contributed by atoms with E-state index in [2.05, 4.69) is 20.5 Å². The molecule has 3 aromatic rings. The molecule has 34 heavy (non-hydrogen) atoms. The molecule has 0 atom stereocenters. The zero-order chi connectivity index (χ0) is 24.3. The van der Waals surface area contributed by atoms with Gasteiger partial charge in [0.15, 0.2) is 11.5 Å². The maximum Gasteiger partial charge on any atom is 0.309 e. The van der Waals surface area contributed by atoms with Crippen molar-refractivity contribution in [2.45, 2.75) is 13.3 Å². The van der Waals surface area contributed by atoms with Gasteiger partial charge in [-0.1, -0.05) is 30.3 Å². The van der Waals surface area contributed by atoms with Gasteiger partial charge in [-0.2, -0.15) is 10.4 Å². The molecule has 0 saturated heterocycles. The Labute approximate surface area is 195 Å². The number of esters is 1. The van der Waals surface area contributed by atoms with Crippen LogP contribution >= 0.6 is 0 Å². The third kappa shape index (κ3) is 6.20. The molecule has 0 aliphatic heterocycles. The molecule has 0 unspecified atom stereocenters. The van der Waals surface area contributed by atoms with Gasteiger partial charge in [-0.05, 0) is 30.7 Å². The summed E-state index contributed by atoms with van der Waals surface area (Å²) < 4.78 is 15.8. The number of methoxy groups -OCH3 is 1. The number of carbonyl (C=O) groups is 1. The van der Waals surface area contributed by atoms with Crippen molar-refractivity contribution in [1.82, 2.24) is 9.97 Å². The van der Waals surface area contributed by atoms with Crippen molar-refractivity contribution >= 4 is 18.1 Å². The van der Waals surface area contributed by atoms with Gasteiger partial charge in [0.2, 0.25) is 5.95 Å². The number of nitrogens with one attached hydrogen (secondary N) is 2. The van der Waals surface area contributed by atoms with E-state index in [1.165, 1.54) is 13.3 Å². The number of hydrazone groups is 1. The first-order valence-corrected chi connectivity index (χ1v) is 10.4. The quantitative estimate of drug-likeness (QED) is 0.267. The second kappa shape index (κ2) is 11.8. The van der Waals surface area contributed by atoms with Crippen LogP contribution in [0.5, 0.6) is 11.5 Å². The second-order valence-electron chi connectivity index (χ2n) is 6.80. The lowest BCUT2D eigenvalue weighted by atomic mass is 10.1. The average Bonchev–Trinajstić information content (AvgIpc) is 2.84. The largest absolute Gasteiger partial charge is 0.493 e. The molecular formula is C24H23N5O5. The number of anilines is 1. The van der Waals surface area contributed by atoms with Gasteiger partial charge < -0.3 is 14.2 Å². The summed E-state index contributed by atoms with van der Waals surface area (Å²) in [5.74, 6) is 0.673. The lowest BCUT2D eigenvalue weighted by molar-refractivity contribution is -0.143. The SMILES string of the molecule is CCOC(=O)CCOc1cc(C=NNc2nc(-c3ccccc3)c(C#N)c(=O)[nH]2)ccc1OC. The summed E-state index contributed by atoms with van der Waals surface area (Å²) in [5, 5.41) is 13.5. The topological polar surface area (TPSA) is 139 Å². The fourth-order valence-corrected chi connectivity index (χ4v) is 2.97. The number of carbonyl (C=O) groups excluding carboxylic acids is 1. The normalized spacial score (nSPS) is 10.5. The maximum atomic E-state index is 12.3. The molecular weight excluding hydrogens is 438 g/mol. The van der Waals surface area contributed by atoms with Gasteiger partial charge in [-0.3, -0.25) is 14.6 Å². The lowest BCUT2D eigenvalue weighted by Gasteiger charge is -2.11. The molecule has 1 heterocycles. The first-order chi connectivity index (χ1) is 16.5. The number of benzene rings is 2. The van der Waals surface area contributed by atoms with Gasteiger partial charge in [-0.25, -0.2) is 10.4 Å². The molecule has 2 aromatic carbocycles. The lowest BCUT2D eigenvalue weighted by Crippen LogP contribution is -2.16. The molecule has 0 aliphatic rings. The Kier molecular flexibility index (Phi) is 8.35. The Morgan fingerprint density at radius 1 is 1.24 bits per heavy atom. The van der Waals surface area contributed by atoms with Gasteiger partial charge >= 0.3 is 5.97 Å². The van der Waals surface area contributed by atoms with Gasteiger partial charge in [0.05, 0.1) is 38.7 Å². The molecule has 1 aromatic heterocycles. The fraction of sp³-hybridized carbons (Fsp3) is 0.208. The number of ether oxygens (including phenoxy) is 3. The van der Waals surface area contributed by atoms with Crippen LogP contribution in [0.15, 0.2) is 58.4 Å². The van der Waals surface area contributed by atoms with E-state index in [4.69, 9.17) is 14.2 Å². The summed E-state index contributed by atoms with van der Waals surface area (Å²) in [4.78, 5) is 30.7. The Morgan fingerprint density at radius 3 is 2.74 bits per heavy atom. The van der Waals surface area contributed by atoms with Gasteiger partial charge in [-0.15, -0.1) is 0 Å². The van der Waals surface area contributed by atoms with Crippen LogP contribution in [-0.2, 0) is 9.53 Å². The van der Waals surface area contributed by atoms with Gasteiger partial charge in [0.25, 0.3) is 5.56 Å². The Hall–Kier alpha value is -4.65. The highest BCUT2D eigenvalue weighted by atomic mass is 16.5. The molecule has 10 nitrogen and oxygen atoms in total. The minimum absolute atomic E-state index is 0.0820. The first-order valence-electron chi connectivity index (χ1n) is 10.4. The predicted molar refractivity (Wildman–Crippen MR) is 126 cm³/mol. The van der Waals surface area contributed by atoms with E-state index in [0.29, 0.717) is 29.2 Å². The number of hydrogen-bond acceptors (Lipinski definition) is 9. The van der Waals surface area contributed by atoms with E-state index in [-0.39, 0.29) is 36.2 Å². The second-order valence-corrected chi connectivity index (χ2v) is 6.80. The summed E-state index contributed by atoms with van der Waals surface area (Å²) in [7, 11) is 1.51. The third-order valence-electron chi connectivity index (χ3n) is 4.52. The summed E-state index contributed by atoms with van der Waals surface area (Å²) >= 11 is 0. The molecule has 3 rings (SSSR count). The Bertz CT molecular complexity index is 1260. The zero-order valence-electron chi connectivity index (χ0n) is 18.7. The number of aromatic nitrogens is 2. The van der Waals surface area contributed by atoms with E-state index in [1.54, 1.807) is 49.4 Å². The van der Waals surface area contributed by atoms with Crippen LogP contribution in [0.2, 0.25) is 0 Å². The molecule has 0 aliphatic carbocycles. The summed E-state index contributed by atoms with van der Waals surface area (Å²) in [5.41, 5.74) is 3.58. The number of aromatic amines is 1. The summed E-state index contributed by atoms with van der Waals surface area (Å²) in [6.07, 6.45) is 1.61. The number of hydrogen-bond donors (Lipinski definition) is 2. The average molecular weight is 461 g/mol. The highest BCUT2D eigenvalue weighted by molar-refractivity contribution is 5.81. The molecule has 0 amide bonds. The van der Waals surface area contributed by atoms with E-state index < -0.39 is 5.56 Å². The molecule has 10 heteroatoms. The van der Waals surface area contributed by atoms with Crippen LogP contribution in [0.3, 0.4) is 0 Å². The van der Waals surface area contributed by atoms with Crippen molar-refractivity contribution < 1.29 is 19.0 Å². The van der Waals surface area contributed by atoms with Crippen LogP contribution in [-0.4, -0.2) is 42.5 Å². The monoisotopic (exact) mass is 461 g/mol. The molecule has 0 spiro atoms. The molecule has 0 radical (unpaired) electrons. The smallest absolute Gasteiger partial charge is 0.309 e. The Morgan fingerprint density at radius 2 is 2.03 bits per heavy atom. The fourth-order valence-electron chi connectivity index (χ4n) is 2.97. The van der Waals surface area contributed by atoms with Crippen LogP contribution in [0.4, 0.5) is 5.95 Å².